The van der Waals surface area contributed by atoms with Crippen LogP contribution in [0.1, 0.15) is 32.4 Å². The van der Waals surface area contributed by atoms with Gasteiger partial charge in [0.05, 0.1) is 17.9 Å². The molecule has 0 spiro atoms. The third-order valence-corrected chi connectivity index (χ3v) is 4.44. The van der Waals surface area contributed by atoms with Crippen molar-refractivity contribution in [1.29, 1.82) is 0 Å². The highest BCUT2D eigenvalue weighted by Gasteiger charge is 2.35. The van der Waals surface area contributed by atoms with Crippen molar-refractivity contribution in [2.24, 2.45) is 5.73 Å². The van der Waals surface area contributed by atoms with Gasteiger partial charge < -0.3 is 5.73 Å². The number of rotatable bonds is 3. The average molecular weight is 371 g/mol. The van der Waals surface area contributed by atoms with Crippen molar-refractivity contribution in [3.8, 4) is 0 Å². The lowest BCUT2D eigenvalue weighted by Crippen LogP contribution is -2.24. The third kappa shape index (κ3) is 3.02. The van der Waals surface area contributed by atoms with Crippen molar-refractivity contribution in [3.05, 3.63) is 50.1 Å². The molecule has 0 aromatic carbocycles. The molecule has 0 unspecified atom stereocenters. The second-order valence-electron chi connectivity index (χ2n) is 5.40. The van der Waals surface area contributed by atoms with Gasteiger partial charge in [-0.1, -0.05) is 0 Å². The summed E-state index contributed by atoms with van der Waals surface area (Å²) in [4.78, 5) is 28.6. The Kier molecular flexibility index (Phi) is 3.90. The molecular weight excluding hydrogens is 359 g/mol. The predicted octanol–water partition coefficient (Wildman–Crippen LogP) is 1.74. The van der Waals surface area contributed by atoms with Crippen LogP contribution in [-0.2, 0) is 12.7 Å². The number of nitrogens with two attached hydrogens (primary N) is 1. The Labute approximate surface area is 142 Å². The predicted molar refractivity (Wildman–Crippen MR) is 83.7 cm³/mol. The van der Waals surface area contributed by atoms with Gasteiger partial charge in [0, 0.05) is 10.9 Å². The molecule has 0 aliphatic rings. The molecule has 0 fully saturated rings. The molecule has 25 heavy (non-hydrogen) atoms. The highest BCUT2D eigenvalue weighted by molar-refractivity contribution is 7.17. The molecule has 0 radical (unpaired) electrons. The van der Waals surface area contributed by atoms with Gasteiger partial charge in [-0.05, 0) is 19.9 Å². The van der Waals surface area contributed by atoms with Crippen LogP contribution < -0.4 is 11.3 Å². The minimum atomic E-state index is -4.57. The molecular formula is C14H12F3N5O2S. The van der Waals surface area contributed by atoms with Crippen LogP contribution in [0.5, 0.6) is 0 Å². The first-order valence-electron chi connectivity index (χ1n) is 7.01. The van der Waals surface area contributed by atoms with E-state index in [9.17, 15) is 22.8 Å². The van der Waals surface area contributed by atoms with Crippen molar-refractivity contribution >= 4 is 22.2 Å². The summed E-state index contributed by atoms with van der Waals surface area (Å²) in [6.45, 7) is 2.73. The summed E-state index contributed by atoms with van der Waals surface area (Å²) < 4.78 is 40.9. The van der Waals surface area contributed by atoms with E-state index in [0.29, 0.717) is 4.88 Å². The Morgan fingerprint density at radius 3 is 2.60 bits per heavy atom. The molecule has 0 atom stereocenters. The second-order valence-corrected chi connectivity index (χ2v) is 6.58. The molecule has 0 saturated heterocycles. The van der Waals surface area contributed by atoms with E-state index < -0.39 is 23.3 Å². The molecule has 3 rings (SSSR count). The summed E-state index contributed by atoms with van der Waals surface area (Å²) in [5.41, 5.74) is 4.09. The minimum Gasteiger partial charge on any atom is -0.364 e. The largest absolute Gasteiger partial charge is 0.433 e. The van der Waals surface area contributed by atoms with Gasteiger partial charge in [0.25, 0.3) is 11.5 Å². The number of carbonyl (C=O) groups excluding carboxylic acids is 1. The van der Waals surface area contributed by atoms with Gasteiger partial charge in [-0.15, -0.1) is 11.3 Å². The SMILES string of the molecule is Cc1cc(C(F)(F)F)n(Cc2cc(=O)n3c(C(N)=O)c(C)sc3n2)n1. The lowest BCUT2D eigenvalue weighted by molar-refractivity contribution is -0.144. The van der Waals surface area contributed by atoms with E-state index in [4.69, 9.17) is 5.73 Å². The summed E-state index contributed by atoms with van der Waals surface area (Å²) in [5.74, 6) is -0.776. The lowest BCUT2D eigenvalue weighted by atomic mass is 10.3. The molecule has 11 heteroatoms. The van der Waals surface area contributed by atoms with Gasteiger partial charge in [-0.3, -0.25) is 14.3 Å². The number of thiazole rings is 1. The van der Waals surface area contributed by atoms with Gasteiger partial charge >= 0.3 is 6.18 Å². The normalized spacial score (nSPS) is 12.0. The average Bonchev–Trinajstić information content (AvgIpc) is 2.98. The van der Waals surface area contributed by atoms with Crippen LogP contribution in [0.4, 0.5) is 13.2 Å². The van der Waals surface area contributed by atoms with Gasteiger partial charge in [0.15, 0.2) is 4.96 Å². The number of fused-ring (bicyclic) bond motifs is 1. The fourth-order valence-corrected chi connectivity index (χ4v) is 3.53. The van der Waals surface area contributed by atoms with Crippen molar-refractivity contribution in [1.82, 2.24) is 19.2 Å². The van der Waals surface area contributed by atoms with Crippen LogP contribution in [0.2, 0.25) is 0 Å². The molecule has 3 heterocycles. The van der Waals surface area contributed by atoms with Crippen molar-refractivity contribution in [3.63, 3.8) is 0 Å². The first-order valence-corrected chi connectivity index (χ1v) is 7.83. The standard InChI is InChI=1S/C14H12F3N5O2S/c1-6-3-9(14(15,16)17)21(20-6)5-8-4-10(23)22-11(12(18)24)7(2)25-13(22)19-8/h3-4H,5H2,1-2H3,(H2,18,24). The summed E-state index contributed by atoms with van der Waals surface area (Å²) in [7, 11) is 0. The zero-order valence-electron chi connectivity index (χ0n) is 13.1. The van der Waals surface area contributed by atoms with Crippen molar-refractivity contribution in [2.45, 2.75) is 26.6 Å². The summed E-state index contributed by atoms with van der Waals surface area (Å²) >= 11 is 1.06. The number of aromatic nitrogens is 4. The van der Waals surface area contributed by atoms with E-state index >= 15 is 0 Å². The van der Waals surface area contributed by atoms with E-state index in [-0.39, 0.29) is 28.6 Å². The molecule has 3 aromatic heterocycles. The Morgan fingerprint density at radius 1 is 1.32 bits per heavy atom. The quantitative estimate of drug-likeness (QED) is 0.759. The molecule has 132 valence electrons. The fraction of sp³-hybridized carbons (Fsp3) is 0.286. The first-order chi connectivity index (χ1) is 11.6. The smallest absolute Gasteiger partial charge is 0.364 e. The third-order valence-electron chi connectivity index (χ3n) is 3.48. The topological polar surface area (TPSA) is 95.3 Å². The lowest BCUT2D eigenvalue weighted by Gasteiger charge is -2.09. The van der Waals surface area contributed by atoms with E-state index in [1.165, 1.54) is 6.92 Å². The summed E-state index contributed by atoms with van der Waals surface area (Å²) in [5, 5.41) is 3.81. The Bertz CT molecular complexity index is 1050. The maximum absolute atomic E-state index is 13.0. The monoisotopic (exact) mass is 371 g/mol. The van der Waals surface area contributed by atoms with Gasteiger partial charge in [-0.25, -0.2) is 9.38 Å². The molecule has 7 nitrogen and oxygen atoms in total. The minimum absolute atomic E-state index is 0.0231. The number of aryl methyl sites for hydroxylation is 2. The number of carbonyl (C=O) groups is 1. The maximum Gasteiger partial charge on any atom is 0.433 e. The Balaban J connectivity index is 2.11. The number of halogens is 3. The number of hydrogen-bond donors (Lipinski definition) is 1. The van der Waals surface area contributed by atoms with Crippen LogP contribution in [0.15, 0.2) is 16.9 Å². The molecule has 3 aromatic rings. The van der Waals surface area contributed by atoms with Gasteiger partial charge in [0.2, 0.25) is 0 Å². The highest BCUT2D eigenvalue weighted by Crippen LogP contribution is 2.30. The molecule has 0 bridgehead atoms. The molecule has 0 aliphatic heterocycles. The van der Waals surface area contributed by atoms with Gasteiger partial charge in [-0.2, -0.15) is 18.3 Å². The van der Waals surface area contributed by atoms with E-state index in [0.717, 1.165) is 32.6 Å². The summed E-state index contributed by atoms with van der Waals surface area (Å²) in [6.07, 6.45) is -4.57. The zero-order valence-corrected chi connectivity index (χ0v) is 13.9. The van der Waals surface area contributed by atoms with Crippen LogP contribution >= 0.6 is 11.3 Å². The molecule has 0 saturated carbocycles. The van der Waals surface area contributed by atoms with E-state index in [1.54, 1.807) is 6.92 Å². The van der Waals surface area contributed by atoms with Crippen LogP contribution in [0.3, 0.4) is 0 Å². The van der Waals surface area contributed by atoms with Crippen molar-refractivity contribution in [2.75, 3.05) is 0 Å². The maximum atomic E-state index is 13.0. The number of amides is 1. The number of nitrogens with zero attached hydrogens (tertiary/aromatic N) is 4. The molecule has 0 aliphatic carbocycles. The van der Waals surface area contributed by atoms with Crippen molar-refractivity contribution < 1.29 is 18.0 Å². The Hall–Kier alpha value is -2.69. The Morgan fingerprint density at radius 2 is 2.00 bits per heavy atom. The zero-order chi connectivity index (χ0) is 18.5. The first kappa shape index (κ1) is 17.1. The van der Waals surface area contributed by atoms with E-state index in [1.807, 2.05) is 0 Å². The van der Waals surface area contributed by atoms with E-state index in [2.05, 4.69) is 10.1 Å². The van der Waals surface area contributed by atoms with Crippen LogP contribution in [0, 0.1) is 13.8 Å². The molecule has 2 N–H and O–H groups in total. The molecule has 1 amide bonds. The highest BCUT2D eigenvalue weighted by atomic mass is 32.1. The number of primary amides is 1. The number of alkyl halides is 3. The number of hydrogen-bond acceptors (Lipinski definition) is 5. The second kappa shape index (κ2) is 5.69. The fourth-order valence-electron chi connectivity index (χ4n) is 2.54. The van der Waals surface area contributed by atoms with Gasteiger partial charge in [0.1, 0.15) is 11.4 Å². The summed E-state index contributed by atoms with van der Waals surface area (Å²) in [6, 6.07) is 1.99. The van der Waals surface area contributed by atoms with Crippen LogP contribution in [-0.4, -0.2) is 25.1 Å². The van der Waals surface area contributed by atoms with Crippen LogP contribution in [0.25, 0.3) is 4.96 Å².